The van der Waals surface area contributed by atoms with Gasteiger partial charge in [0.15, 0.2) is 0 Å². The smallest absolute Gasteiger partial charge is 0.0561 e. The molecule has 100 valence electrons. The molecule has 1 N–H and O–H groups in total. The van der Waals surface area contributed by atoms with Gasteiger partial charge in [0.2, 0.25) is 0 Å². The molecule has 2 rings (SSSR count). The van der Waals surface area contributed by atoms with Gasteiger partial charge in [0.1, 0.15) is 0 Å². The Hall–Kier alpha value is -0.860. The van der Waals surface area contributed by atoms with Crippen LogP contribution in [0, 0.1) is 0 Å². The van der Waals surface area contributed by atoms with E-state index >= 15 is 0 Å². The Balaban J connectivity index is 1.53. The summed E-state index contributed by atoms with van der Waals surface area (Å²) in [5.41, 5.74) is 1.46. The minimum atomic E-state index is 0.431. The highest BCUT2D eigenvalue weighted by molar-refractivity contribution is 5.14. The molecule has 0 spiro atoms. The maximum Gasteiger partial charge on any atom is 0.0561 e. The number of hydrogen-bond acceptors (Lipinski definition) is 2. The predicted molar refractivity (Wildman–Crippen MR) is 75.8 cm³/mol. The predicted octanol–water partition coefficient (Wildman–Crippen LogP) is 3.17. The fourth-order valence-electron chi connectivity index (χ4n) is 2.59. The molecule has 2 nitrogen and oxygen atoms in total. The van der Waals surface area contributed by atoms with Gasteiger partial charge in [0.05, 0.1) is 6.10 Å². The molecule has 0 bridgehead atoms. The summed E-state index contributed by atoms with van der Waals surface area (Å²) in [6.07, 6.45) is 6.51. The first-order valence-electron chi connectivity index (χ1n) is 7.23. The third-order valence-corrected chi connectivity index (χ3v) is 3.65. The van der Waals surface area contributed by atoms with Crippen molar-refractivity contribution in [2.24, 2.45) is 0 Å². The molecule has 2 atom stereocenters. The van der Waals surface area contributed by atoms with Crippen LogP contribution in [0.15, 0.2) is 30.3 Å². The molecular formula is C16H25NO. The summed E-state index contributed by atoms with van der Waals surface area (Å²) in [4.78, 5) is 0. The van der Waals surface area contributed by atoms with Crippen molar-refractivity contribution in [3.05, 3.63) is 35.9 Å². The zero-order chi connectivity index (χ0) is 12.6. The van der Waals surface area contributed by atoms with E-state index in [0.717, 1.165) is 13.2 Å². The minimum Gasteiger partial charge on any atom is -0.378 e. The highest BCUT2D eigenvalue weighted by atomic mass is 16.5. The molecule has 2 unspecified atom stereocenters. The van der Waals surface area contributed by atoms with Gasteiger partial charge in [-0.2, -0.15) is 0 Å². The van der Waals surface area contributed by atoms with Gasteiger partial charge in [-0.05, 0) is 51.1 Å². The normalized spacial score (nSPS) is 24.1. The van der Waals surface area contributed by atoms with E-state index in [0.29, 0.717) is 12.1 Å². The van der Waals surface area contributed by atoms with Gasteiger partial charge in [-0.3, -0.25) is 0 Å². The van der Waals surface area contributed by atoms with Crippen LogP contribution in [0.1, 0.15) is 38.2 Å². The van der Waals surface area contributed by atoms with E-state index in [2.05, 4.69) is 42.6 Å². The lowest BCUT2D eigenvalue weighted by molar-refractivity contribution is 0.0134. The second-order valence-corrected chi connectivity index (χ2v) is 5.30. The Morgan fingerprint density at radius 1 is 1.22 bits per heavy atom. The summed E-state index contributed by atoms with van der Waals surface area (Å²) < 4.78 is 5.55. The first-order valence-corrected chi connectivity index (χ1v) is 7.23. The molecule has 1 aromatic rings. The van der Waals surface area contributed by atoms with Crippen molar-refractivity contribution in [2.75, 3.05) is 13.2 Å². The minimum absolute atomic E-state index is 0.431. The lowest BCUT2D eigenvalue weighted by atomic mass is 10.0. The Morgan fingerprint density at radius 3 is 2.83 bits per heavy atom. The quantitative estimate of drug-likeness (QED) is 0.780. The Morgan fingerprint density at radius 2 is 2.06 bits per heavy atom. The molecule has 0 radical (unpaired) electrons. The highest BCUT2D eigenvalue weighted by Crippen LogP contribution is 2.13. The number of nitrogens with one attached hydrogen (secondary N) is 1. The Labute approximate surface area is 111 Å². The van der Waals surface area contributed by atoms with E-state index in [4.69, 9.17) is 4.74 Å². The standard InChI is InChI=1S/C16H25NO/c1-14-13-16(10-12-18-14)17-11-6-5-9-15-7-3-2-4-8-15/h2-4,7-8,14,16-17H,5-6,9-13H2,1H3. The SMILES string of the molecule is CC1CC(NCCCCc2ccccc2)CCO1. The molecule has 1 aromatic carbocycles. The molecule has 0 aromatic heterocycles. The van der Waals surface area contributed by atoms with Crippen LogP contribution in [0.5, 0.6) is 0 Å². The lowest BCUT2D eigenvalue weighted by Gasteiger charge is -2.28. The van der Waals surface area contributed by atoms with Gasteiger partial charge in [-0.1, -0.05) is 30.3 Å². The Kier molecular flexibility index (Phi) is 5.69. The van der Waals surface area contributed by atoms with E-state index in [1.807, 2.05) is 0 Å². The summed E-state index contributed by atoms with van der Waals surface area (Å²) in [7, 11) is 0. The molecule has 0 aliphatic carbocycles. The van der Waals surface area contributed by atoms with Gasteiger partial charge in [-0.15, -0.1) is 0 Å². The summed E-state index contributed by atoms with van der Waals surface area (Å²) in [5.74, 6) is 0. The van der Waals surface area contributed by atoms with Gasteiger partial charge in [0, 0.05) is 12.6 Å². The van der Waals surface area contributed by atoms with Crippen LogP contribution in [0.25, 0.3) is 0 Å². The van der Waals surface area contributed by atoms with Crippen LogP contribution in [0.4, 0.5) is 0 Å². The number of benzene rings is 1. The third-order valence-electron chi connectivity index (χ3n) is 3.65. The van der Waals surface area contributed by atoms with E-state index < -0.39 is 0 Å². The topological polar surface area (TPSA) is 21.3 Å². The number of rotatable bonds is 6. The van der Waals surface area contributed by atoms with E-state index in [9.17, 15) is 0 Å². The fourth-order valence-corrected chi connectivity index (χ4v) is 2.59. The summed E-state index contributed by atoms with van der Waals surface area (Å²) in [6.45, 7) is 4.23. The van der Waals surface area contributed by atoms with Crippen molar-refractivity contribution in [1.82, 2.24) is 5.32 Å². The fraction of sp³-hybridized carbons (Fsp3) is 0.625. The third kappa shape index (κ3) is 4.79. The number of ether oxygens (including phenoxy) is 1. The molecule has 1 heterocycles. The largest absolute Gasteiger partial charge is 0.378 e. The molecule has 18 heavy (non-hydrogen) atoms. The summed E-state index contributed by atoms with van der Waals surface area (Å²) >= 11 is 0. The Bertz CT molecular complexity index is 325. The maximum atomic E-state index is 5.55. The van der Waals surface area contributed by atoms with Crippen LogP contribution in [-0.4, -0.2) is 25.3 Å². The molecule has 0 amide bonds. The molecule has 1 aliphatic heterocycles. The van der Waals surface area contributed by atoms with Gasteiger partial charge < -0.3 is 10.1 Å². The van der Waals surface area contributed by atoms with Gasteiger partial charge >= 0.3 is 0 Å². The number of hydrogen-bond donors (Lipinski definition) is 1. The zero-order valence-corrected chi connectivity index (χ0v) is 11.4. The van der Waals surface area contributed by atoms with Crippen LogP contribution in [-0.2, 0) is 11.2 Å². The second kappa shape index (κ2) is 7.55. The molecule has 0 saturated carbocycles. The van der Waals surface area contributed by atoms with Crippen LogP contribution in [0.3, 0.4) is 0 Å². The zero-order valence-electron chi connectivity index (χ0n) is 11.4. The molecule has 2 heteroatoms. The monoisotopic (exact) mass is 247 g/mol. The van der Waals surface area contributed by atoms with Crippen molar-refractivity contribution < 1.29 is 4.74 Å². The molecule has 1 saturated heterocycles. The van der Waals surface area contributed by atoms with E-state index in [1.54, 1.807) is 0 Å². The van der Waals surface area contributed by atoms with E-state index in [1.165, 1.54) is 37.7 Å². The van der Waals surface area contributed by atoms with Gasteiger partial charge in [-0.25, -0.2) is 0 Å². The summed E-state index contributed by atoms with van der Waals surface area (Å²) in [6, 6.07) is 11.4. The second-order valence-electron chi connectivity index (χ2n) is 5.30. The van der Waals surface area contributed by atoms with Crippen LogP contribution < -0.4 is 5.32 Å². The molecule has 1 fully saturated rings. The highest BCUT2D eigenvalue weighted by Gasteiger charge is 2.17. The average Bonchev–Trinajstić information content (AvgIpc) is 2.40. The molecular weight excluding hydrogens is 222 g/mol. The maximum absolute atomic E-state index is 5.55. The van der Waals surface area contributed by atoms with Crippen LogP contribution in [0.2, 0.25) is 0 Å². The van der Waals surface area contributed by atoms with Crippen molar-refractivity contribution in [3.8, 4) is 0 Å². The number of aryl methyl sites for hydroxylation is 1. The van der Waals surface area contributed by atoms with Crippen molar-refractivity contribution in [2.45, 2.75) is 51.2 Å². The lowest BCUT2D eigenvalue weighted by Crippen LogP contribution is -2.38. The van der Waals surface area contributed by atoms with Crippen molar-refractivity contribution >= 4 is 0 Å². The van der Waals surface area contributed by atoms with Gasteiger partial charge in [0.25, 0.3) is 0 Å². The average molecular weight is 247 g/mol. The van der Waals surface area contributed by atoms with Crippen molar-refractivity contribution in [3.63, 3.8) is 0 Å². The first kappa shape index (κ1) is 13.6. The number of unbranched alkanes of at least 4 members (excludes halogenated alkanes) is 1. The van der Waals surface area contributed by atoms with Crippen LogP contribution >= 0.6 is 0 Å². The molecule has 1 aliphatic rings. The van der Waals surface area contributed by atoms with E-state index in [-0.39, 0.29) is 0 Å². The summed E-state index contributed by atoms with van der Waals surface area (Å²) in [5, 5.41) is 3.66. The van der Waals surface area contributed by atoms with Crippen molar-refractivity contribution in [1.29, 1.82) is 0 Å². The first-order chi connectivity index (χ1) is 8.84.